The molecule has 0 saturated heterocycles. The number of carbonyl (C=O) groups is 2. The second kappa shape index (κ2) is 4.38. The average molecular weight is 258 g/mol. The number of rotatable bonds is 3. The standard InChI is InChI=1S/C13H14N4O2/c1-2-14-11(18)7-10-12(19)16-13-15-8-5-3-4-6-9(8)17(10)13/h3-6,10H,2,7H2,1H3,(H,14,18)(H,15,16,19)/t10-/m0/s1. The van der Waals surface area contributed by atoms with Crippen molar-refractivity contribution < 1.29 is 9.59 Å². The molecule has 2 heterocycles. The summed E-state index contributed by atoms with van der Waals surface area (Å²) in [5.74, 6) is 0.202. The van der Waals surface area contributed by atoms with E-state index in [1.54, 1.807) is 4.57 Å². The SMILES string of the molecule is CCNC(=O)C[C@H]1C(=O)Nc2nc3ccccc3n21. The minimum Gasteiger partial charge on any atom is -0.356 e. The van der Waals surface area contributed by atoms with Gasteiger partial charge in [-0.05, 0) is 19.1 Å². The van der Waals surface area contributed by atoms with E-state index in [-0.39, 0.29) is 18.2 Å². The molecule has 1 aliphatic heterocycles. The summed E-state index contributed by atoms with van der Waals surface area (Å²) >= 11 is 0. The van der Waals surface area contributed by atoms with Crippen LogP contribution in [0.25, 0.3) is 11.0 Å². The van der Waals surface area contributed by atoms with Gasteiger partial charge >= 0.3 is 0 Å². The van der Waals surface area contributed by atoms with Gasteiger partial charge in [-0.15, -0.1) is 0 Å². The Morgan fingerprint density at radius 2 is 2.26 bits per heavy atom. The highest BCUT2D eigenvalue weighted by atomic mass is 16.2. The van der Waals surface area contributed by atoms with Crippen molar-refractivity contribution in [2.45, 2.75) is 19.4 Å². The fraction of sp³-hybridized carbons (Fsp3) is 0.308. The zero-order valence-electron chi connectivity index (χ0n) is 10.5. The van der Waals surface area contributed by atoms with Gasteiger partial charge in [0.15, 0.2) is 0 Å². The highest BCUT2D eigenvalue weighted by Crippen LogP contribution is 2.31. The number of amides is 2. The molecule has 0 fully saturated rings. The lowest BCUT2D eigenvalue weighted by molar-refractivity contribution is -0.126. The van der Waals surface area contributed by atoms with Gasteiger partial charge in [-0.1, -0.05) is 12.1 Å². The number of para-hydroxylation sites is 2. The molecule has 98 valence electrons. The van der Waals surface area contributed by atoms with Gasteiger partial charge in [-0.3, -0.25) is 19.5 Å². The molecular weight excluding hydrogens is 244 g/mol. The van der Waals surface area contributed by atoms with Crippen molar-refractivity contribution in [3.05, 3.63) is 24.3 Å². The maximum Gasteiger partial charge on any atom is 0.250 e. The minimum absolute atomic E-state index is 0.131. The second-order valence-corrected chi connectivity index (χ2v) is 4.46. The zero-order chi connectivity index (χ0) is 13.4. The summed E-state index contributed by atoms with van der Waals surface area (Å²) in [4.78, 5) is 28.0. The van der Waals surface area contributed by atoms with E-state index in [0.29, 0.717) is 12.5 Å². The van der Waals surface area contributed by atoms with Gasteiger partial charge in [-0.2, -0.15) is 0 Å². The van der Waals surface area contributed by atoms with Gasteiger partial charge in [0.1, 0.15) is 6.04 Å². The van der Waals surface area contributed by atoms with E-state index in [0.717, 1.165) is 11.0 Å². The van der Waals surface area contributed by atoms with Gasteiger partial charge in [0.05, 0.1) is 17.5 Å². The topological polar surface area (TPSA) is 76.0 Å². The smallest absolute Gasteiger partial charge is 0.250 e. The first-order valence-corrected chi connectivity index (χ1v) is 6.25. The van der Waals surface area contributed by atoms with E-state index in [4.69, 9.17) is 0 Å². The van der Waals surface area contributed by atoms with Crippen molar-refractivity contribution in [2.75, 3.05) is 11.9 Å². The number of imidazole rings is 1. The largest absolute Gasteiger partial charge is 0.356 e. The number of carbonyl (C=O) groups excluding carboxylic acids is 2. The Morgan fingerprint density at radius 1 is 1.47 bits per heavy atom. The maximum atomic E-state index is 11.9. The predicted molar refractivity (Wildman–Crippen MR) is 70.7 cm³/mol. The molecule has 2 N–H and O–H groups in total. The van der Waals surface area contributed by atoms with Crippen LogP contribution in [0.1, 0.15) is 19.4 Å². The van der Waals surface area contributed by atoms with E-state index in [9.17, 15) is 9.59 Å². The molecule has 6 heteroatoms. The van der Waals surface area contributed by atoms with Crippen LogP contribution < -0.4 is 10.6 Å². The Morgan fingerprint density at radius 3 is 3.05 bits per heavy atom. The van der Waals surface area contributed by atoms with Crippen molar-refractivity contribution in [1.82, 2.24) is 14.9 Å². The number of fused-ring (bicyclic) bond motifs is 3. The molecule has 1 aromatic carbocycles. The Balaban J connectivity index is 2.00. The third-order valence-electron chi connectivity index (χ3n) is 3.20. The van der Waals surface area contributed by atoms with Crippen molar-refractivity contribution >= 4 is 28.8 Å². The first kappa shape index (κ1) is 11.7. The minimum atomic E-state index is -0.519. The summed E-state index contributed by atoms with van der Waals surface area (Å²) in [5.41, 5.74) is 1.68. The molecule has 2 amide bonds. The average Bonchev–Trinajstić information content (AvgIpc) is 2.87. The van der Waals surface area contributed by atoms with Crippen LogP contribution in [0.5, 0.6) is 0 Å². The maximum absolute atomic E-state index is 11.9. The van der Waals surface area contributed by atoms with Gasteiger partial charge < -0.3 is 5.32 Å². The van der Waals surface area contributed by atoms with Crippen molar-refractivity contribution in [1.29, 1.82) is 0 Å². The fourth-order valence-electron chi connectivity index (χ4n) is 2.39. The van der Waals surface area contributed by atoms with E-state index >= 15 is 0 Å². The summed E-state index contributed by atoms with van der Waals surface area (Å²) in [7, 11) is 0. The molecule has 1 aromatic heterocycles. The third-order valence-corrected chi connectivity index (χ3v) is 3.20. The van der Waals surface area contributed by atoms with Crippen molar-refractivity contribution in [3.8, 4) is 0 Å². The number of nitrogens with one attached hydrogen (secondary N) is 2. The van der Waals surface area contributed by atoms with Gasteiger partial charge in [0, 0.05) is 6.54 Å². The number of aromatic nitrogens is 2. The van der Waals surface area contributed by atoms with Gasteiger partial charge in [0.2, 0.25) is 17.8 Å². The normalized spacial score (nSPS) is 17.3. The first-order valence-electron chi connectivity index (χ1n) is 6.25. The molecule has 1 aliphatic rings. The van der Waals surface area contributed by atoms with Crippen LogP contribution in [0, 0.1) is 0 Å². The molecule has 2 aromatic rings. The van der Waals surface area contributed by atoms with Crippen LogP contribution in [0.4, 0.5) is 5.95 Å². The monoisotopic (exact) mass is 258 g/mol. The van der Waals surface area contributed by atoms with E-state index in [1.165, 1.54) is 0 Å². The molecule has 6 nitrogen and oxygen atoms in total. The van der Waals surface area contributed by atoms with Crippen LogP contribution in [0.15, 0.2) is 24.3 Å². The molecule has 0 radical (unpaired) electrons. The number of hydrogen-bond acceptors (Lipinski definition) is 3. The van der Waals surface area contributed by atoms with Crippen LogP contribution in [-0.2, 0) is 9.59 Å². The quantitative estimate of drug-likeness (QED) is 0.864. The summed E-state index contributed by atoms with van der Waals surface area (Å²) in [6, 6.07) is 7.05. The van der Waals surface area contributed by atoms with Crippen LogP contribution in [-0.4, -0.2) is 27.9 Å². The highest BCUT2D eigenvalue weighted by Gasteiger charge is 2.34. The summed E-state index contributed by atoms with van der Waals surface area (Å²) in [6.45, 7) is 2.41. The summed E-state index contributed by atoms with van der Waals surface area (Å²) < 4.78 is 1.80. The molecule has 0 aliphatic carbocycles. The van der Waals surface area contributed by atoms with Crippen molar-refractivity contribution in [3.63, 3.8) is 0 Å². The van der Waals surface area contributed by atoms with Crippen LogP contribution in [0.3, 0.4) is 0 Å². The Labute approximate surface area is 109 Å². The lowest BCUT2D eigenvalue weighted by Gasteiger charge is -2.11. The lowest BCUT2D eigenvalue weighted by Crippen LogP contribution is -2.28. The van der Waals surface area contributed by atoms with E-state index in [2.05, 4.69) is 15.6 Å². The Kier molecular flexibility index (Phi) is 2.70. The van der Waals surface area contributed by atoms with E-state index < -0.39 is 6.04 Å². The molecule has 0 unspecified atom stereocenters. The fourth-order valence-corrected chi connectivity index (χ4v) is 2.39. The predicted octanol–water partition coefficient (Wildman–Crippen LogP) is 1.06. The van der Waals surface area contributed by atoms with Crippen molar-refractivity contribution in [2.24, 2.45) is 0 Å². The molecule has 1 atom stereocenters. The van der Waals surface area contributed by atoms with Gasteiger partial charge in [0.25, 0.3) is 0 Å². The summed E-state index contributed by atoms with van der Waals surface area (Å²) in [5, 5.41) is 5.43. The summed E-state index contributed by atoms with van der Waals surface area (Å²) in [6.07, 6.45) is 0.132. The molecule has 0 bridgehead atoms. The zero-order valence-corrected chi connectivity index (χ0v) is 10.5. The number of benzene rings is 1. The Bertz CT molecular complexity index is 662. The number of anilines is 1. The molecule has 19 heavy (non-hydrogen) atoms. The Hall–Kier alpha value is -2.37. The highest BCUT2D eigenvalue weighted by molar-refractivity contribution is 6.01. The number of hydrogen-bond donors (Lipinski definition) is 2. The third kappa shape index (κ3) is 1.85. The number of nitrogens with zero attached hydrogens (tertiary/aromatic N) is 2. The van der Waals surface area contributed by atoms with Crippen LogP contribution >= 0.6 is 0 Å². The molecular formula is C13H14N4O2. The molecule has 0 saturated carbocycles. The first-order chi connectivity index (χ1) is 9.20. The van der Waals surface area contributed by atoms with Crippen LogP contribution in [0.2, 0.25) is 0 Å². The van der Waals surface area contributed by atoms with E-state index in [1.807, 2.05) is 31.2 Å². The molecule has 0 spiro atoms. The lowest BCUT2D eigenvalue weighted by atomic mass is 10.2. The molecule has 3 rings (SSSR count). The van der Waals surface area contributed by atoms with Gasteiger partial charge in [-0.25, -0.2) is 4.98 Å². The second-order valence-electron chi connectivity index (χ2n) is 4.46.